The Labute approximate surface area is 206 Å². The number of hydrogen-bond donors (Lipinski definition) is 1. The molecule has 0 aromatic rings. The van der Waals surface area contributed by atoms with E-state index in [2.05, 4.69) is 47.3 Å². The molecule has 0 spiro atoms. The van der Waals surface area contributed by atoms with Crippen LogP contribution in [0.4, 0.5) is 0 Å². The molecule has 4 rings (SSSR count). The molecule has 4 nitrogen and oxygen atoms in total. The number of aliphatic hydroxyl groups is 1. The number of ether oxygens (including phenoxy) is 1. The molecular formula is C30H46O4. The summed E-state index contributed by atoms with van der Waals surface area (Å²) >= 11 is 0. The summed E-state index contributed by atoms with van der Waals surface area (Å²) < 4.78 is 5.12. The second-order valence-corrected chi connectivity index (χ2v) is 12.8. The van der Waals surface area contributed by atoms with Crippen LogP contribution < -0.4 is 0 Å². The van der Waals surface area contributed by atoms with Gasteiger partial charge in [0.2, 0.25) is 11.4 Å². The van der Waals surface area contributed by atoms with Crippen LogP contribution in [0.2, 0.25) is 0 Å². The van der Waals surface area contributed by atoms with Crippen LogP contribution in [0.25, 0.3) is 0 Å². The third kappa shape index (κ3) is 3.74. The number of rotatable bonds is 7. The van der Waals surface area contributed by atoms with E-state index in [0.29, 0.717) is 40.6 Å². The van der Waals surface area contributed by atoms with Gasteiger partial charge in [0, 0.05) is 17.4 Å². The summed E-state index contributed by atoms with van der Waals surface area (Å²) in [6, 6.07) is 0. The van der Waals surface area contributed by atoms with E-state index in [1.54, 1.807) is 6.92 Å². The second kappa shape index (κ2) is 8.91. The lowest BCUT2D eigenvalue weighted by molar-refractivity contribution is -0.169. The quantitative estimate of drug-likeness (QED) is 0.270. The molecule has 4 aliphatic rings. The molecule has 0 aliphatic heterocycles. The molecule has 34 heavy (non-hydrogen) atoms. The average molecular weight is 471 g/mol. The smallest absolute Gasteiger partial charge is 0.346 e. The van der Waals surface area contributed by atoms with E-state index in [1.807, 2.05) is 0 Å². The summed E-state index contributed by atoms with van der Waals surface area (Å²) in [5.74, 6) is 2.30. The monoisotopic (exact) mass is 470 g/mol. The maximum Gasteiger partial charge on any atom is 0.346 e. The van der Waals surface area contributed by atoms with Crippen molar-refractivity contribution in [2.75, 3.05) is 6.61 Å². The number of fused-ring (bicyclic) bond motifs is 5. The fourth-order valence-corrected chi connectivity index (χ4v) is 8.80. The molecule has 8 atom stereocenters. The van der Waals surface area contributed by atoms with Crippen LogP contribution in [-0.4, -0.2) is 29.1 Å². The van der Waals surface area contributed by atoms with Gasteiger partial charge in [-0.15, -0.1) is 0 Å². The third-order valence-electron chi connectivity index (χ3n) is 10.8. The maximum absolute atomic E-state index is 13.2. The standard InChI is InChI=1S/C30H46O4/c1-8-34-27(32)30(33)17-29(7)24-15-16-28(6)22(20(5)10-9-19(4)18(2)3)13-14-23(28)21(24)11-12-25(29)26(30)31/h12,18,20-24,33H,4,8-11,13-17H2,1-3,5-7H3/t20?,21-,22+,23?,24-,28+,29+,30-/m0/s1. The molecule has 190 valence electrons. The van der Waals surface area contributed by atoms with Gasteiger partial charge < -0.3 is 9.84 Å². The van der Waals surface area contributed by atoms with Gasteiger partial charge in [0.1, 0.15) is 0 Å². The number of carbonyl (C=O) groups is 2. The molecule has 1 N–H and O–H groups in total. The van der Waals surface area contributed by atoms with Crippen molar-refractivity contribution in [1.29, 1.82) is 0 Å². The van der Waals surface area contributed by atoms with Gasteiger partial charge in [-0.2, -0.15) is 0 Å². The van der Waals surface area contributed by atoms with E-state index >= 15 is 0 Å². The first-order valence-corrected chi connectivity index (χ1v) is 13.7. The van der Waals surface area contributed by atoms with Crippen LogP contribution in [0, 0.1) is 46.3 Å². The Morgan fingerprint density at radius 1 is 1.21 bits per heavy atom. The molecule has 3 fully saturated rings. The van der Waals surface area contributed by atoms with Crippen molar-refractivity contribution in [2.45, 2.75) is 98.5 Å². The Kier molecular flexibility index (Phi) is 6.72. The van der Waals surface area contributed by atoms with E-state index in [-0.39, 0.29) is 13.0 Å². The Balaban J connectivity index is 1.54. The number of esters is 1. The van der Waals surface area contributed by atoms with Crippen LogP contribution in [-0.2, 0) is 14.3 Å². The number of Topliss-reactive ketones (excluding diaryl/α,β-unsaturated/α-hetero) is 1. The van der Waals surface area contributed by atoms with Crippen molar-refractivity contribution in [3.8, 4) is 0 Å². The lowest BCUT2D eigenvalue weighted by Gasteiger charge is -2.55. The predicted octanol–water partition coefficient (Wildman–Crippen LogP) is 6.28. The largest absolute Gasteiger partial charge is 0.464 e. The normalized spacial score (nSPS) is 42.0. The summed E-state index contributed by atoms with van der Waals surface area (Å²) in [5, 5.41) is 11.2. The summed E-state index contributed by atoms with van der Waals surface area (Å²) in [6.45, 7) is 17.8. The van der Waals surface area contributed by atoms with Gasteiger partial charge >= 0.3 is 5.97 Å². The van der Waals surface area contributed by atoms with Gasteiger partial charge in [0.25, 0.3) is 0 Å². The minimum Gasteiger partial charge on any atom is -0.464 e. The Morgan fingerprint density at radius 3 is 2.56 bits per heavy atom. The summed E-state index contributed by atoms with van der Waals surface area (Å²) in [7, 11) is 0. The van der Waals surface area contributed by atoms with Crippen molar-refractivity contribution < 1.29 is 19.4 Å². The highest BCUT2D eigenvalue weighted by atomic mass is 16.5. The summed E-state index contributed by atoms with van der Waals surface area (Å²) in [6.07, 6.45) is 10.3. The minimum absolute atomic E-state index is 0.167. The lowest BCUT2D eigenvalue weighted by atomic mass is 9.49. The molecule has 0 aromatic heterocycles. The molecule has 0 amide bonds. The topological polar surface area (TPSA) is 63.6 Å². The van der Waals surface area contributed by atoms with E-state index in [4.69, 9.17) is 4.74 Å². The van der Waals surface area contributed by atoms with Crippen LogP contribution in [0.15, 0.2) is 23.8 Å². The van der Waals surface area contributed by atoms with Crippen molar-refractivity contribution in [2.24, 2.45) is 46.3 Å². The first-order valence-electron chi connectivity index (χ1n) is 13.7. The van der Waals surface area contributed by atoms with Crippen molar-refractivity contribution >= 4 is 11.8 Å². The van der Waals surface area contributed by atoms with Gasteiger partial charge in [-0.3, -0.25) is 4.79 Å². The van der Waals surface area contributed by atoms with Gasteiger partial charge in [-0.05, 0) is 92.8 Å². The SMILES string of the molecule is C=C(CCC(C)[C@H]1CCC2[C@@H]3CC=C4C(=O)[C@](O)(C(=O)OCC)C[C@]4(C)[C@H]3CC[C@@]21C)C(C)C. The highest BCUT2D eigenvalue weighted by molar-refractivity contribution is 6.18. The Hall–Kier alpha value is -1.42. The fourth-order valence-electron chi connectivity index (χ4n) is 8.80. The van der Waals surface area contributed by atoms with Crippen LogP contribution in [0.3, 0.4) is 0 Å². The van der Waals surface area contributed by atoms with Crippen molar-refractivity contribution in [3.63, 3.8) is 0 Å². The summed E-state index contributed by atoms with van der Waals surface area (Å²) in [5.41, 5.74) is -0.0722. The van der Waals surface area contributed by atoms with Gasteiger partial charge in [0.15, 0.2) is 0 Å². The molecule has 2 unspecified atom stereocenters. The molecule has 0 radical (unpaired) electrons. The molecule has 0 aromatic carbocycles. The van der Waals surface area contributed by atoms with E-state index in [9.17, 15) is 14.7 Å². The Morgan fingerprint density at radius 2 is 1.91 bits per heavy atom. The van der Waals surface area contributed by atoms with E-state index in [0.717, 1.165) is 25.2 Å². The number of carbonyl (C=O) groups excluding carboxylic acids is 2. The molecule has 4 aliphatic carbocycles. The third-order valence-corrected chi connectivity index (χ3v) is 10.8. The van der Waals surface area contributed by atoms with Crippen molar-refractivity contribution in [3.05, 3.63) is 23.8 Å². The van der Waals surface area contributed by atoms with Gasteiger partial charge in [-0.25, -0.2) is 4.79 Å². The summed E-state index contributed by atoms with van der Waals surface area (Å²) in [4.78, 5) is 25.8. The molecule has 3 saturated carbocycles. The van der Waals surface area contributed by atoms with Gasteiger partial charge in [0.05, 0.1) is 6.61 Å². The Bertz CT molecular complexity index is 886. The molecule has 4 heteroatoms. The highest BCUT2D eigenvalue weighted by Gasteiger charge is 2.67. The predicted molar refractivity (Wildman–Crippen MR) is 135 cm³/mol. The molecular weight excluding hydrogens is 424 g/mol. The average Bonchev–Trinajstić information content (AvgIpc) is 3.23. The zero-order chi connectivity index (χ0) is 25.1. The van der Waals surface area contributed by atoms with Crippen LogP contribution in [0.5, 0.6) is 0 Å². The zero-order valence-corrected chi connectivity index (χ0v) is 22.3. The minimum atomic E-state index is -2.02. The lowest BCUT2D eigenvalue weighted by Crippen LogP contribution is -2.49. The van der Waals surface area contributed by atoms with E-state index in [1.165, 1.54) is 31.3 Å². The highest BCUT2D eigenvalue weighted by Crippen LogP contribution is 2.68. The molecule has 0 bridgehead atoms. The fraction of sp³-hybridized carbons (Fsp3) is 0.800. The number of allylic oxidation sites excluding steroid dienone is 2. The zero-order valence-electron chi connectivity index (χ0n) is 22.3. The van der Waals surface area contributed by atoms with E-state index < -0.39 is 22.8 Å². The number of ketones is 1. The molecule has 0 heterocycles. The molecule has 0 saturated heterocycles. The first-order chi connectivity index (χ1) is 15.9. The second-order valence-electron chi connectivity index (χ2n) is 12.8. The maximum atomic E-state index is 13.2. The van der Waals surface area contributed by atoms with Crippen molar-refractivity contribution in [1.82, 2.24) is 0 Å². The first kappa shape index (κ1) is 25.7. The number of hydrogen-bond acceptors (Lipinski definition) is 4. The van der Waals surface area contributed by atoms with Crippen LogP contribution >= 0.6 is 0 Å². The van der Waals surface area contributed by atoms with Crippen LogP contribution in [0.1, 0.15) is 92.9 Å². The van der Waals surface area contributed by atoms with Gasteiger partial charge in [-0.1, -0.05) is 52.8 Å².